The van der Waals surface area contributed by atoms with E-state index in [1.807, 2.05) is 26.8 Å². The number of hydrogen-bond acceptors (Lipinski definition) is 6. The molecule has 28 heavy (non-hydrogen) atoms. The maximum absolute atomic E-state index is 12.1. The normalized spacial score (nSPS) is 15.6. The summed E-state index contributed by atoms with van der Waals surface area (Å²) in [7, 11) is 0. The molecule has 0 saturated carbocycles. The highest BCUT2D eigenvalue weighted by Crippen LogP contribution is 2.25. The number of aromatic hydroxyl groups is 1. The third-order valence-electron chi connectivity index (χ3n) is 4.84. The summed E-state index contributed by atoms with van der Waals surface area (Å²) in [4.78, 5) is 18.3. The Hall–Kier alpha value is -2.57. The van der Waals surface area contributed by atoms with Crippen LogP contribution >= 0.6 is 0 Å². The molecule has 7 nitrogen and oxygen atoms in total. The number of piperidine rings is 1. The Morgan fingerprint density at radius 3 is 2.75 bits per heavy atom. The van der Waals surface area contributed by atoms with Gasteiger partial charge in [0.05, 0.1) is 0 Å². The van der Waals surface area contributed by atoms with Crippen molar-refractivity contribution < 1.29 is 19.2 Å². The molecule has 1 N–H and O–H groups in total. The predicted octanol–water partition coefficient (Wildman–Crippen LogP) is 4.41. The molecule has 0 radical (unpaired) electrons. The number of rotatable bonds is 5. The van der Waals surface area contributed by atoms with E-state index in [0.717, 1.165) is 50.8 Å². The van der Waals surface area contributed by atoms with Crippen LogP contribution in [0.15, 0.2) is 28.8 Å². The number of likely N-dealkylation sites (tertiary alicyclic amines) is 1. The minimum Gasteiger partial charge on any atom is -0.508 e. The van der Waals surface area contributed by atoms with Crippen molar-refractivity contribution in [3.05, 3.63) is 30.2 Å². The van der Waals surface area contributed by atoms with Crippen molar-refractivity contribution >= 4 is 6.09 Å². The van der Waals surface area contributed by atoms with Gasteiger partial charge in [0, 0.05) is 25.1 Å². The third-order valence-corrected chi connectivity index (χ3v) is 4.84. The number of phenols is 1. The van der Waals surface area contributed by atoms with Gasteiger partial charge in [0.2, 0.25) is 11.7 Å². The molecule has 2 aromatic rings. The lowest BCUT2D eigenvalue weighted by Gasteiger charge is -2.33. The van der Waals surface area contributed by atoms with Gasteiger partial charge in [0.25, 0.3) is 0 Å². The smallest absolute Gasteiger partial charge is 0.410 e. The van der Waals surface area contributed by atoms with Gasteiger partial charge in [-0.05, 0) is 64.5 Å². The molecular weight excluding hydrogens is 358 g/mol. The van der Waals surface area contributed by atoms with Crippen molar-refractivity contribution in [1.82, 2.24) is 15.0 Å². The van der Waals surface area contributed by atoms with Gasteiger partial charge in [-0.2, -0.15) is 4.98 Å². The van der Waals surface area contributed by atoms with Crippen LogP contribution in [0.25, 0.3) is 11.4 Å². The Morgan fingerprint density at radius 2 is 2.07 bits per heavy atom. The van der Waals surface area contributed by atoms with E-state index < -0.39 is 5.60 Å². The van der Waals surface area contributed by atoms with Gasteiger partial charge in [-0.3, -0.25) is 0 Å². The summed E-state index contributed by atoms with van der Waals surface area (Å²) < 4.78 is 10.8. The van der Waals surface area contributed by atoms with Crippen molar-refractivity contribution in [1.29, 1.82) is 0 Å². The maximum atomic E-state index is 12.1. The average molecular weight is 387 g/mol. The highest BCUT2D eigenvalue weighted by Gasteiger charge is 2.26. The SMILES string of the molecule is CC(C)(C)OC(=O)N1CCC(CCCc2nc(-c3cccc(O)c3)no2)CC1. The maximum Gasteiger partial charge on any atom is 0.410 e. The predicted molar refractivity (Wildman–Crippen MR) is 105 cm³/mol. The number of nitrogens with zero attached hydrogens (tertiary/aromatic N) is 3. The molecular formula is C21H29N3O4. The molecule has 1 aromatic heterocycles. The summed E-state index contributed by atoms with van der Waals surface area (Å²) in [5.41, 5.74) is 0.291. The van der Waals surface area contributed by atoms with E-state index in [1.165, 1.54) is 0 Å². The molecule has 0 spiro atoms. The van der Waals surface area contributed by atoms with Crippen LogP contribution in [0.3, 0.4) is 0 Å². The van der Waals surface area contributed by atoms with Gasteiger partial charge in [-0.15, -0.1) is 0 Å². The highest BCUT2D eigenvalue weighted by atomic mass is 16.6. The molecule has 1 saturated heterocycles. The van der Waals surface area contributed by atoms with Crippen molar-refractivity contribution in [3.63, 3.8) is 0 Å². The lowest BCUT2D eigenvalue weighted by Crippen LogP contribution is -2.41. The number of carbonyl (C=O) groups excluding carboxylic acids is 1. The van der Waals surface area contributed by atoms with E-state index in [9.17, 15) is 9.90 Å². The van der Waals surface area contributed by atoms with Crippen molar-refractivity contribution in [2.24, 2.45) is 5.92 Å². The summed E-state index contributed by atoms with van der Waals surface area (Å²) in [6.07, 6.45) is 4.56. The number of carbonyl (C=O) groups is 1. The van der Waals surface area contributed by atoms with E-state index in [4.69, 9.17) is 9.26 Å². The van der Waals surface area contributed by atoms with Crippen molar-refractivity contribution in [2.75, 3.05) is 13.1 Å². The number of amides is 1. The summed E-state index contributed by atoms with van der Waals surface area (Å²) >= 11 is 0. The fourth-order valence-electron chi connectivity index (χ4n) is 3.39. The number of hydrogen-bond donors (Lipinski definition) is 1. The molecule has 1 fully saturated rings. The van der Waals surface area contributed by atoms with Crippen LogP contribution < -0.4 is 0 Å². The fourth-order valence-corrected chi connectivity index (χ4v) is 3.39. The third kappa shape index (κ3) is 5.71. The molecule has 3 rings (SSSR count). The van der Waals surface area contributed by atoms with Gasteiger partial charge in [0.1, 0.15) is 11.4 Å². The lowest BCUT2D eigenvalue weighted by atomic mass is 9.92. The quantitative estimate of drug-likeness (QED) is 0.817. The topological polar surface area (TPSA) is 88.7 Å². The number of ether oxygens (including phenoxy) is 1. The molecule has 1 aromatic carbocycles. The number of phenolic OH excluding ortho intramolecular Hbond substituents is 1. The molecule has 0 bridgehead atoms. The van der Waals surface area contributed by atoms with Crippen LogP contribution in [0.5, 0.6) is 5.75 Å². The first-order valence-corrected chi connectivity index (χ1v) is 9.90. The monoisotopic (exact) mass is 387 g/mol. The summed E-state index contributed by atoms with van der Waals surface area (Å²) in [5, 5.41) is 13.6. The van der Waals surface area contributed by atoms with E-state index in [0.29, 0.717) is 17.6 Å². The van der Waals surface area contributed by atoms with Crippen LogP contribution in [0.2, 0.25) is 0 Å². The molecule has 2 heterocycles. The summed E-state index contributed by atoms with van der Waals surface area (Å²) in [6.45, 7) is 7.17. The Labute approximate surface area is 165 Å². The molecule has 1 amide bonds. The molecule has 7 heteroatoms. The Morgan fingerprint density at radius 1 is 1.32 bits per heavy atom. The van der Waals surface area contributed by atoms with Crippen LogP contribution in [-0.4, -0.2) is 44.9 Å². The van der Waals surface area contributed by atoms with E-state index in [-0.39, 0.29) is 11.8 Å². The van der Waals surface area contributed by atoms with Crippen LogP contribution in [0.4, 0.5) is 4.79 Å². The Balaban J connectivity index is 1.40. The van der Waals surface area contributed by atoms with Crippen LogP contribution in [0.1, 0.15) is 52.3 Å². The summed E-state index contributed by atoms with van der Waals surface area (Å²) in [5.74, 6) is 1.90. The van der Waals surface area contributed by atoms with E-state index in [2.05, 4.69) is 10.1 Å². The van der Waals surface area contributed by atoms with Crippen LogP contribution in [0, 0.1) is 5.92 Å². The number of benzene rings is 1. The summed E-state index contributed by atoms with van der Waals surface area (Å²) in [6, 6.07) is 6.82. The zero-order valence-electron chi connectivity index (χ0n) is 16.9. The van der Waals surface area contributed by atoms with E-state index >= 15 is 0 Å². The first kappa shape index (κ1) is 20.2. The largest absolute Gasteiger partial charge is 0.508 e. The van der Waals surface area contributed by atoms with Gasteiger partial charge in [-0.25, -0.2) is 4.79 Å². The van der Waals surface area contributed by atoms with Crippen molar-refractivity contribution in [2.45, 2.75) is 58.5 Å². The second-order valence-electron chi connectivity index (χ2n) is 8.37. The second-order valence-corrected chi connectivity index (χ2v) is 8.37. The zero-order chi connectivity index (χ0) is 20.1. The van der Waals surface area contributed by atoms with E-state index in [1.54, 1.807) is 23.1 Å². The first-order chi connectivity index (χ1) is 13.3. The molecule has 1 aliphatic heterocycles. The Kier molecular flexibility index (Phi) is 6.21. The number of aryl methyl sites for hydroxylation is 1. The number of aromatic nitrogens is 2. The first-order valence-electron chi connectivity index (χ1n) is 9.90. The standard InChI is InChI=1S/C21H29N3O4/c1-21(2,3)27-20(26)24-12-10-15(11-13-24)6-4-9-18-22-19(23-28-18)16-7-5-8-17(25)14-16/h5,7-8,14-15,25H,4,6,9-13H2,1-3H3. The van der Waals surface area contributed by atoms with Gasteiger partial charge >= 0.3 is 6.09 Å². The van der Waals surface area contributed by atoms with Gasteiger partial charge in [0.15, 0.2) is 0 Å². The molecule has 0 unspecified atom stereocenters. The average Bonchev–Trinajstić information content (AvgIpc) is 3.10. The highest BCUT2D eigenvalue weighted by molar-refractivity contribution is 5.68. The van der Waals surface area contributed by atoms with Crippen LogP contribution in [-0.2, 0) is 11.2 Å². The lowest BCUT2D eigenvalue weighted by molar-refractivity contribution is 0.0180. The second kappa shape index (κ2) is 8.63. The van der Waals surface area contributed by atoms with Gasteiger partial charge in [-0.1, -0.05) is 17.3 Å². The molecule has 152 valence electrons. The zero-order valence-corrected chi connectivity index (χ0v) is 16.9. The molecule has 1 aliphatic rings. The molecule has 0 atom stereocenters. The molecule has 0 aliphatic carbocycles. The fraction of sp³-hybridized carbons (Fsp3) is 0.571. The minimum absolute atomic E-state index is 0.182. The van der Waals surface area contributed by atoms with Crippen molar-refractivity contribution in [3.8, 4) is 17.1 Å². The Bertz CT molecular complexity index is 789. The van der Waals surface area contributed by atoms with Gasteiger partial charge < -0.3 is 19.3 Å². The minimum atomic E-state index is -0.449.